The van der Waals surface area contributed by atoms with E-state index in [-0.39, 0.29) is 31.3 Å². The third kappa shape index (κ3) is 7.16. The Morgan fingerprint density at radius 1 is 0.949 bits per heavy atom. The van der Waals surface area contributed by atoms with Crippen molar-refractivity contribution in [3.8, 4) is 17.2 Å². The lowest BCUT2D eigenvalue weighted by atomic mass is 9.80. The summed E-state index contributed by atoms with van der Waals surface area (Å²) in [5, 5.41) is 25.9. The van der Waals surface area contributed by atoms with Crippen molar-refractivity contribution in [2.24, 2.45) is 5.10 Å². The monoisotopic (exact) mass is 537 g/mol. The third-order valence-corrected chi connectivity index (χ3v) is 5.74. The molecule has 0 aromatic heterocycles. The smallest absolute Gasteiger partial charge is 0.336 e. The quantitative estimate of drug-likeness (QED) is 0.203. The van der Waals surface area contributed by atoms with Crippen LogP contribution in [-0.2, 0) is 23.9 Å². The number of phenolic OH excluding ortho intramolecular Hbond substituents is 2. The van der Waals surface area contributed by atoms with Gasteiger partial charge in [0.2, 0.25) is 0 Å². The number of allylic oxidation sites excluding steroid dienone is 2. The Kier molecular flexibility index (Phi) is 9.69. The molecule has 0 atom stereocenters. The minimum atomic E-state index is -0.729. The standard InChI is InChI=1S/C28H31N3O8/c1-5-37-27(35)24-16(3)30-17(4)25(28(36)38-6-2)26(24)18-8-11-21(12-9-18)39-15-23(34)31-29-14-19-7-10-20(32)13-22(19)33/h7-14,26,30,32-33H,5-6,15H2,1-4H3,(H,31,34)/b29-14+. The fraction of sp³-hybridized carbons (Fsp3) is 0.286. The van der Waals surface area contributed by atoms with E-state index in [1.807, 2.05) is 0 Å². The third-order valence-electron chi connectivity index (χ3n) is 5.74. The van der Waals surface area contributed by atoms with E-state index in [2.05, 4.69) is 15.8 Å². The first-order valence-electron chi connectivity index (χ1n) is 12.3. The van der Waals surface area contributed by atoms with Crippen LogP contribution in [0.25, 0.3) is 0 Å². The molecule has 0 aliphatic carbocycles. The number of dihydropyridines is 1. The Hall–Kier alpha value is -4.80. The minimum absolute atomic E-state index is 0.0974. The highest BCUT2D eigenvalue weighted by Gasteiger charge is 2.37. The van der Waals surface area contributed by atoms with Gasteiger partial charge in [-0.15, -0.1) is 0 Å². The highest BCUT2D eigenvalue weighted by Crippen LogP contribution is 2.39. The first-order valence-corrected chi connectivity index (χ1v) is 12.3. The summed E-state index contributed by atoms with van der Waals surface area (Å²) in [4.78, 5) is 37.9. The van der Waals surface area contributed by atoms with Gasteiger partial charge in [-0.3, -0.25) is 4.79 Å². The first kappa shape index (κ1) is 28.8. The fourth-order valence-electron chi connectivity index (χ4n) is 4.04. The van der Waals surface area contributed by atoms with Crippen LogP contribution >= 0.6 is 0 Å². The lowest BCUT2D eigenvalue weighted by molar-refractivity contribution is -0.139. The number of esters is 2. The molecular weight excluding hydrogens is 506 g/mol. The zero-order valence-corrected chi connectivity index (χ0v) is 22.1. The van der Waals surface area contributed by atoms with Gasteiger partial charge >= 0.3 is 11.9 Å². The van der Waals surface area contributed by atoms with Crippen LogP contribution in [0.5, 0.6) is 17.2 Å². The number of phenols is 2. The fourth-order valence-corrected chi connectivity index (χ4v) is 4.04. The van der Waals surface area contributed by atoms with Gasteiger partial charge in [0.15, 0.2) is 6.61 Å². The van der Waals surface area contributed by atoms with E-state index < -0.39 is 23.8 Å². The molecule has 39 heavy (non-hydrogen) atoms. The van der Waals surface area contributed by atoms with Crippen molar-refractivity contribution in [1.29, 1.82) is 0 Å². The summed E-state index contributed by atoms with van der Waals surface area (Å²) in [5.41, 5.74) is 4.97. The molecule has 1 aliphatic rings. The number of carbonyl (C=O) groups is 3. The molecule has 4 N–H and O–H groups in total. The number of benzene rings is 2. The van der Waals surface area contributed by atoms with Crippen molar-refractivity contribution in [3.05, 3.63) is 76.1 Å². The van der Waals surface area contributed by atoms with Crippen molar-refractivity contribution < 1.29 is 38.8 Å². The number of ether oxygens (including phenoxy) is 3. The van der Waals surface area contributed by atoms with Gasteiger partial charge in [-0.1, -0.05) is 12.1 Å². The summed E-state index contributed by atoms with van der Waals surface area (Å²) in [6.07, 6.45) is 1.23. The first-order chi connectivity index (χ1) is 18.7. The Balaban J connectivity index is 1.74. The maximum atomic E-state index is 12.9. The molecule has 0 fully saturated rings. The SMILES string of the molecule is CCOC(=O)C1=C(C)NC(C)=C(C(=O)OCC)C1c1ccc(OCC(=O)N/N=C/c2ccc(O)cc2O)cc1. The highest BCUT2D eigenvalue weighted by atomic mass is 16.5. The van der Waals surface area contributed by atoms with Gasteiger partial charge in [0, 0.05) is 23.0 Å². The molecule has 0 spiro atoms. The second-order valence-corrected chi connectivity index (χ2v) is 8.47. The largest absolute Gasteiger partial charge is 0.508 e. The maximum Gasteiger partial charge on any atom is 0.336 e. The van der Waals surface area contributed by atoms with Crippen LogP contribution in [-0.4, -0.2) is 54.1 Å². The number of hydrogen-bond donors (Lipinski definition) is 4. The van der Waals surface area contributed by atoms with Gasteiger partial charge in [0.05, 0.1) is 36.5 Å². The number of aromatic hydroxyl groups is 2. The zero-order valence-electron chi connectivity index (χ0n) is 22.1. The van der Waals surface area contributed by atoms with Gasteiger partial charge in [0.25, 0.3) is 5.91 Å². The van der Waals surface area contributed by atoms with Crippen molar-refractivity contribution in [1.82, 2.24) is 10.7 Å². The Labute approximate surface area is 225 Å². The summed E-state index contributed by atoms with van der Waals surface area (Å²) in [5.74, 6) is -2.27. The van der Waals surface area contributed by atoms with Crippen molar-refractivity contribution in [2.75, 3.05) is 19.8 Å². The van der Waals surface area contributed by atoms with Gasteiger partial charge in [0.1, 0.15) is 17.2 Å². The van der Waals surface area contributed by atoms with E-state index in [4.69, 9.17) is 14.2 Å². The van der Waals surface area contributed by atoms with Crippen molar-refractivity contribution >= 4 is 24.1 Å². The second-order valence-electron chi connectivity index (χ2n) is 8.47. The van der Waals surface area contributed by atoms with E-state index in [1.165, 1.54) is 18.3 Å². The van der Waals surface area contributed by atoms with Crippen LogP contribution in [0.15, 0.2) is 70.1 Å². The lowest BCUT2D eigenvalue weighted by Crippen LogP contribution is -2.32. The molecule has 2 aromatic rings. The summed E-state index contributed by atoms with van der Waals surface area (Å²) in [6.45, 7) is 6.91. The van der Waals surface area contributed by atoms with Crippen LogP contribution in [0.4, 0.5) is 0 Å². The molecule has 206 valence electrons. The van der Waals surface area contributed by atoms with Crippen molar-refractivity contribution in [2.45, 2.75) is 33.6 Å². The number of nitrogens with zero attached hydrogens (tertiary/aromatic N) is 1. The Morgan fingerprint density at radius 3 is 2.08 bits per heavy atom. The second kappa shape index (κ2) is 13.1. The Bertz CT molecular complexity index is 1290. The average Bonchev–Trinajstić information content (AvgIpc) is 2.88. The number of amides is 1. The normalized spacial score (nSPS) is 13.7. The zero-order chi connectivity index (χ0) is 28.5. The van der Waals surface area contributed by atoms with Gasteiger partial charge in [-0.2, -0.15) is 5.10 Å². The number of hydrazone groups is 1. The molecule has 0 radical (unpaired) electrons. The van der Waals surface area contributed by atoms with Gasteiger partial charge in [-0.25, -0.2) is 15.0 Å². The number of carbonyl (C=O) groups excluding carboxylic acids is 3. The lowest BCUT2D eigenvalue weighted by Gasteiger charge is -2.30. The predicted molar refractivity (Wildman–Crippen MR) is 142 cm³/mol. The molecule has 2 aromatic carbocycles. The molecule has 0 saturated carbocycles. The van der Waals surface area contributed by atoms with E-state index in [0.29, 0.717) is 39.4 Å². The van der Waals surface area contributed by atoms with Crippen LogP contribution in [0.3, 0.4) is 0 Å². The minimum Gasteiger partial charge on any atom is -0.508 e. The number of hydrogen-bond acceptors (Lipinski definition) is 10. The molecule has 1 amide bonds. The summed E-state index contributed by atoms with van der Waals surface area (Å²) >= 11 is 0. The van der Waals surface area contributed by atoms with E-state index in [9.17, 15) is 24.6 Å². The molecule has 11 nitrogen and oxygen atoms in total. The van der Waals surface area contributed by atoms with Gasteiger partial charge in [-0.05, 0) is 57.5 Å². The van der Waals surface area contributed by atoms with Crippen LogP contribution < -0.4 is 15.5 Å². The molecule has 0 unspecified atom stereocenters. The molecule has 1 aliphatic heterocycles. The molecule has 3 rings (SSSR count). The van der Waals surface area contributed by atoms with E-state index in [1.54, 1.807) is 52.0 Å². The van der Waals surface area contributed by atoms with E-state index >= 15 is 0 Å². The maximum absolute atomic E-state index is 12.9. The van der Waals surface area contributed by atoms with Gasteiger partial charge < -0.3 is 29.7 Å². The topological polar surface area (TPSA) is 156 Å². The average molecular weight is 538 g/mol. The predicted octanol–water partition coefficient (Wildman–Crippen LogP) is 2.99. The number of rotatable bonds is 10. The highest BCUT2D eigenvalue weighted by molar-refractivity contribution is 6.00. The van der Waals surface area contributed by atoms with Crippen LogP contribution in [0.2, 0.25) is 0 Å². The molecule has 11 heteroatoms. The number of nitrogens with one attached hydrogen (secondary N) is 2. The van der Waals surface area contributed by atoms with E-state index in [0.717, 1.165) is 6.07 Å². The summed E-state index contributed by atoms with van der Waals surface area (Å²) < 4.78 is 16.1. The molecular formula is C28H31N3O8. The molecule has 1 heterocycles. The van der Waals surface area contributed by atoms with Crippen LogP contribution in [0.1, 0.15) is 44.7 Å². The summed E-state index contributed by atoms with van der Waals surface area (Å²) in [6, 6.07) is 10.6. The van der Waals surface area contributed by atoms with Crippen molar-refractivity contribution in [3.63, 3.8) is 0 Å². The summed E-state index contributed by atoms with van der Waals surface area (Å²) in [7, 11) is 0. The Morgan fingerprint density at radius 2 is 1.54 bits per heavy atom. The molecule has 0 bridgehead atoms. The molecule has 0 saturated heterocycles. The van der Waals surface area contributed by atoms with Crippen LogP contribution in [0, 0.1) is 0 Å².